The smallest absolute Gasteiger partial charge is 0.416 e. The second kappa shape index (κ2) is 18.2. The van der Waals surface area contributed by atoms with Crippen LogP contribution in [0.1, 0.15) is 144 Å². The van der Waals surface area contributed by atoms with Crippen molar-refractivity contribution in [2.75, 3.05) is 13.1 Å². The number of ether oxygens (including phenoxy) is 1. The molecule has 7 unspecified atom stereocenters. The lowest BCUT2D eigenvalue weighted by Gasteiger charge is -2.46. The van der Waals surface area contributed by atoms with E-state index in [1.807, 2.05) is 19.1 Å². The van der Waals surface area contributed by atoms with Crippen molar-refractivity contribution in [2.24, 2.45) is 23.2 Å². The lowest BCUT2D eigenvalue weighted by Crippen LogP contribution is -2.54. The number of allylic oxidation sites excluding steroid dienone is 2. The van der Waals surface area contributed by atoms with Crippen LogP contribution in [0.25, 0.3) is 11.3 Å². The number of benzene rings is 2. The van der Waals surface area contributed by atoms with Gasteiger partial charge in [-0.25, -0.2) is 4.79 Å². The SMILES string of the molecule is CCCN(CC1(O)CCC2c3ccc(cc3C(=O)c3ccc(-c4cc(C(F)(F)F)ccc4Cl)o3)CC(O)CCC(C)=CCCC21C)C(=O)OC1CC(C)CCC1C(C)C. The Kier molecular flexibility index (Phi) is 13.8. The van der Waals surface area contributed by atoms with Crippen molar-refractivity contribution in [1.82, 2.24) is 4.90 Å². The summed E-state index contributed by atoms with van der Waals surface area (Å²) in [6.45, 7) is 13.2. The van der Waals surface area contributed by atoms with Gasteiger partial charge in [0.05, 0.1) is 28.8 Å². The lowest BCUT2D eigenvalue weighted by molar-refractivity contribution is -0.137. The van der Waals surface area contributed by atoms with Crippen LogP contribution in [0.15, 0.2) is 64.6 Å². The Morgan fingerprint density at radius 2 is 1.81 bits per heavy atom. The number of nitrogens with zero attached hydrogens (tertiary/aromatic N) is 1. The third-order valence-corrected chi connectivity index (χ3v) is 14.1. The number of hydrogen-bond acceptors (Lipinski definition) is 6. The number of rotatable bonds is 9. The number of ketones is 1. The summed E-state index contributed by atoms with van der Waals surface area (Å²) in [6, 6.07) is 11.5. The van der Waals surface area contributed by atoms with E-state index in [4.69, 9.17) is 20.8 Å². The quantitative estimate of drug-likeness (QED) is 0.164. The second-order valence-corrected chi connectivity index (χ2v) is 18.7. The van der Waals surface area contributed by atoms with E-state index in [2.05, 4.69) is 40.7 Å². The highest BCUT2D eigenvalue weighted by Gasteiger charge is 2.58. The molecule has 2 saturated carbocycles. The fourth-order valence-corrected chi connectivity index (χ4v) is 10.3. The highest BCUT2D eigenvalue weighted by Crippen LogP contribution is 2.59. The number of furan rings is 1. The second-order valence-electron chi connectivity index (χ2n) is 18.3. The first kappa shape index (κ1) is 44.9. The predicted molar refractivity (Wildman–Crippen MR) is 224 cm³/mol. The normalized spacial score (nSPS) is 27.9. The van der Waals surface area contributed by atoms with Crippen molar-refractivity contribution in [2.45, 2.75) is 142 Å². The predicted octanol–water partition coefficient (Wildman–Crippen LogP) is 12.2. The van der Waals surface area contributed by atoms with Crippen molar-refractivity contribution in [3.63, 3.8) is 0 Å². The van der Waals surface area contributed by atoms with E-state index in [0.717, 1.165) is 48.6 Å². The van der Waals surface area contributed by atoms with E-state index in [1.165, 1.54) is 12.1 Å². The summed E-state index contributed by atoms with van der Waals surface area (Å²) in [4.78, 5) is 30.5. The number of hydrogen-bond donors (Lipinski definition) is 2. The number of aliphatic hydroxyl groups is 2. The third-order valence-electron chi connectivity index (χ3n) is 13.7. The molecule has 0 aliphatic heterocycles. The molecule has 1 heterocycles. The molecule has 7 nitrogen and oxygen atoms in total. The van der Waals surface area contributed by atoms with Crippen molar-refractivity contribution in [1.29, 1.82) is 0 Å². The molecule has 2 N–H and O–H groups in total. The fraction of sp³-hybridized carbons (Fsp3) is 0.583. The number of halogens is 4. The molecule has 322 valence electrons. The monoisotopic (exact) mass is 839 g/mol. The van der Waals surface area contributed by atoms with Gasteiger partial charge < -0.3 is 24.3 Å². The molecule has 4 aliphatic rings. The Labute approximate surface area is 352 Å². The summed E-state index contributed by atoms with van der Waals surface area (Å²) in [5, 5.41) is 24.1. The van der Waals surface area contributed by atoms with Gasteiger partial charge in [0.1, 0.15) is 11.9 Å². The highest BCUT2D eigenvalue weighted by atomic mass is 35.5. The molecule has 1 aromatic heterocycles. The molecule has 7 atom stereocenters. The molecular weight excluding hydrogens is 779 g/mol. The van der Waals surface area contributed by atoms with Crippen LogP contribution in [0.2, 0.25) is 5.02 Å². The van der Waals surface area contributed by atoms with Crippen LogP contribution >= 0.6 is 11.6 Å². The lowest BCUT2D eigenvalue weighted by atomic mass is 9.64. The van der Waals surface area contributed by atoms with Gasteiger partial charge in [-0.15, -0.1) is 0 Å². The molecule has 1 amide bonds. The van der Waals surface area contributed by atoms with Crippen LogP contribution in [0.3, 0.4) is 0 Å². The molecule has 0 saturated heterocycles. The number of carbonyl (C=O) groups excluding carboxylic acids is 2. The van der Waals surface area contributed by atoms with Gasteiger partial charge in [-0.05, 0) is 142 Å². The van der Waals surface area contributed by atoms with E-state index in [0.29, 0.717) is 80.9 Å². The summed E-state index contributed by atoms with van der Waals surface area (Å²) in [7, 11) is 0. The van der Waals surface area contributed by atoms with E-state index in [-0.39, 0.29) is 46.6 Å². The number of alkyl halides is 3. The standard InChI is InChI=1S/C48H61ClF3NO6/c1-7-23-53(45(56)59-43-24-31(5)11-15-35(43)29(2)3)28-47(57)22-20-39-36-16-12-32(25-34(54)14-10-30(4)9-8-21-46(39,47)6)26-37(36)44(55)42-19-18-41(58-42)38-27-33(48(50,51)52)13-17-40(38)49/h9,12-13,16-19,26-27,29,31,34-35,39,43,54,57H,7-8,10-11,14-15,20-25,28H2,1-6H3. The number of fused-ring (bicyclic) bond motifs is 8. The van der Waals surface area contributed by atoms with Crippen LogP contribution < -0.4 is 0 Å². The molecule has 2 bridgehead atoms. The molecule has 3 aromatic rings. The Balaban J connectivity index is 1.38. The average molecular weight is 840 g/mol. The first-order valence-electron chi connectivity index (χ1n) is 21.5. The average Bonchev–Trinajstić information content (AvgIpc) is 3.75. The van der Waals surface area contributed by atoms with Gasteiger partial charge in [0, 0.05) is 23.1 Å². The summed E-state index contributed by atoms with van der Waals surface area (Å²) < 4.78 is 53.3. The maximum Gasteiger partial charge on any atom is 0.416 e. The number of aliphatic hydroxyl groups excluding tert-OH is 1. The molecule has 7 rings (SSSR count). The first-order chi connectivity index (χ1) is 27.8. The van der Waals surface area contributed by atoms with Crippen LogP contribution in [0, 0.1) is 23.2 Å². The van der Waals surface area contributed by atoms with E-state index >= 15 is 0 Å². The van der Waals surface area contributed by atoms with Crippen molar-refractivity contribution in [3.8, 4) is 11.3 Å². The van der Waals surface area contributed by atoms with E-state index < -0.39 is 40.7 Å². The fourth-order valence-electron chi connectivity index (χ4n) is 10.1. The summed E-state index contributed by atoms with van der Waals surface area (Å²) in [5.41, 5.74) is -0.0809. The van der Waals surface area contributed by atoms with Gasteiger partial charge in [-0.3, -0.25) is 4.79 Å². The molecule has 4 aliphatic carbocycles. The van der Waals surface area contributed by atoms with Crippen LogP contribution in [-0.4, -0.2) is 57.9 Å². The molecular formula is C48H61ClF3NO6. The zero-order chi connectivity index (χ0) is 42.9. The zero-order valence-electron chi connectivity index (χ0n) is 35.3. The Hall–Kier alpha value is -3.60. The zero-order valence-corrected chi connectivity index (χ0v) is 36.1. The molecule has 2 fully saturated rings. The maximum absolute atomic E-state index is 14.7. The van der Waals surface area contributed by atoms with Crippen molar-refractivity contribution >= 4 is 23.5 Å². The Bertz CT molecular complexity index is 2010. The minimum absolute atomic E-state index is 0.0109. The summed E-state index contributed by atoms with van der Waals surface area (Å²) in [5.74, 6) is 0.264. The molecule has 11 heteroatoms. The molecule has 0 radical (unpaired) electrons. The van der Waals surface area contributed by atoms with Gasteiger partial charge in [-0.1, -0.05) is 76.4 Å². The van der Waals surface area contributed by atoms with Crippen LogP contribution in [0.5, 0.6) is 0 Å². The molecule has 0 spiro atoms. The first-order valence-corrected chi connectivity index (χ1v) is 21.9. The minimum Gasteiger partial charge on any atom is -0.453 e. The van der Waals surface area contributed by atoms with Gasteiger partial charge in [0.15, 0.2) is 5.76 Å². The summed E-state index contributed by atoms with van der Waals surface area (Å²) in [6.07, 6.45) is 3.62. The van der Waals surface area contributed by atoms with E-state index in [9.17, 15) is 33.0 Å². The Morgan fingerprint density at radius 1 is 1.05 bits per heavy atom. The highest BCUT2D eigenvalue weighted by molar-refractivity contribution is 6.33. The van der Waals surface area contributed by atoms with Crippen LogP contribution in [0.4, 0.5) is 18.0 Å². The number of carbonyl (C=O) groups is 2. The van der Waals surface area contributed by atoms with E-state index in [1.54, 1.807) is 11.0 Å². The topological polar surface area (TPSA) is 100 Å². The van der Waals surface area contributed by atoms with Crippen molar-refractivity contribution in [3.05, 3.63) is 93.2 Å². The van der Waals surface area contributed by atoms with Gasteiger partial charge in [-0.2, -0.15) is 13.2 Å². The third kappa shape index (κ3) is 9.81. The summed E-state index contributed by atoms with van der Waals surface area (Å²) >= 11 is 6.35. The molecule has 59 heavy (non-hydrogen) atoms. The molecule has 2 aromatic carbocycles. The number of amides is 1. The van der Waals surface area contributed by atoms with Crippen molar-refractivity contribution < 1.29 is 42.1 Å². The maximum atomic E-state index is 14.7. The minimum atomic E-state index is -4.60. The van der Waals surface area contributed by atoms with Gasteiger partial charge >= 0.3 is 12.3 Å². The van der Waals surface area contributed by atoms with Gasteiger partial charge in [0.25, 0.3) is 0 Å². The van der Waals surface area contributed by atoms with Gasteiger partial charge in [0.2, 0.25) is 5.78 Å². The van der Waals surface area contributed by atoms with Crippen LogP contribution in [-0.2, 0) is 17.3 Å². The Morgan fingerprint density at radius 3 is 2.53 bits per heavy atom. The largest absolute Gasteiger partial charge is 0.453 e.